The number of carbonyl (C=O) groups is 2. The lowest BCUT2D eigenvalue weighted by Gasteiger charge is -2.27. The lowest BCUT2D eigenvalue weighted by atomic mass is 10.0. The van der Waals surface area contributed by atoms with Gasteiger partial charge in [0, 0.05) is 43.1 Å². The monoisotopic (exact) mass is 462 g/mol. The van der Waals surface area contributed by atoms with Crippen LogP contribution in [0, 0.1) is 11.8 Å². The Balaban J connectivity index is 1.22. The second-order valence-electron chi connectivity index (χ2n) is 11.0. The van der Waals surface area contributed by atoms with Crippen molar-refractivity contribution < 1.29 is 19.1 Å². The third kappa shape index (κ3) is 3.35. The van der Waals surface area contributed by atoms with Gasteiger partial charge in [0.05, 0.1) is 18.9 Å². The first-order valence-corrected chi connectivity index (χ1v) is 11.9. The first-order valence-electron chi connectivity index (χ1n) is 11.9. The van der Waals surface area contributed by atoms with Crippen LogP contribution in [0.4, 0.5) is 16.3 Å². The zero-order valence-corrected chi connectivity index (χ0v) is 20.0. The molecule has 3 atom stereocenters. The van der Waals surface area contributed by atoms with E-state index in [1.807, 2.05) is 44.2 Å². The molecule has 0 spiro atoms. The number of nitrogens with zero attached hydrogens (tertiary/aromatic N) is 3. The molecule has 178 valence electrons. The van der Waals surface area contributed by atoms with Gasteiger partial charge in [-0.15, -0.1) is 0 Å². The first-order chi connectivity index (χ1) is 16.1. The molecule has 1 N–H and O–H groups in total. The zero-order valence-electron chi connectivity index (χ0n) is 20.0. The number of hydrogen-bond acceptors (Lipinski definition) is 6. The Hall–Kier alpha value is -3.13. The fourth-order valence-corrected chi connectivity index (χ4v) is 5.50. The van der Waals surface area contributed by atoms with Crippen LogP contribution in [0.1, 0.15) is 38.8 Å². The third-order valence-corrected chi connectivity index (χ3v) is 7.57. The summed E-state index contributed by atoms with van der Waals surface area (Å²) in [5, 5.41) is 3.50. The molecule has 2 aromatic rings. The summed E-state index contributed by atoms with van der Waals surface area (Å²) in [6.45, 7) is 9.59. The summed E-state index contributed by atoms with van der Waals surface area (Å²) >= 11 is 0. The number of nitrogens with one attached hydrogen (secondary N) is 1. The van der Waals surface area contributed by atoms with Crippen LogP contribution in [-0.4, -0.2) is 52.2 Å². The molecule has 1 saturated carbocycles. The molecule has 6 rings (SSSR count). The van der Waals surface area contributed by atoms with Gasteiger partial charge in [-0.3, -0.25) is 4.79 Å². The van der Waals surface area contributed by atoms with Crippen molar-refractivity contribution >= 4 is 23.4 Å². The maximum absolute atomic E-state index is 13.5. The second kappa shape index (κ2) is 7.18. The quantitative estimate of drug-likeness (QED) is 0.684. The molecule has 34 heavy (non-hydrogen) atoms. The molecule has 1 aromatic heterocycles. The Morgan fingerprint density at radius 1 is 1.09 bits per heavy atom. The number of benzene rings is 1. The fraction of sp³-hybridized carbons (Fsp3) is 0.500. The van der Waals surface area contributed by atoms with Crippen molar-refractivity contribution in [3.63, 3.8) is 0 Å². The van der Waals surface area contributed by atoms with E-state index in [1.165, 1.54) is 4.90 Å². The number of imide groups is 1. The number of urea groups is 1. The van der Waals surface area contributed by atoms with E-state index in [-0.39, 0.29) is 17.5 Å². The smallest absolute Gasteiger partial charge is 0.332 e. The Labute approximate surface area is 199 Å². The third-order valence-electron chi connectivity index (χ3n) is 7.57. The molecular formula is C26H30N4O4. The normalized spacial score (nSPS) is 28.1. The van der Waals surface area contributed by atoms with Crippen molar-refractivity contribution in [1.82, 2.24) is 9.88 Å². The highest BCUT2D eigenvalue weighted by atomic mass is 16.5. The van der Waals surface area contributed by atoms with E-state index in [9.17, 15) is 9.59 Å². The van der Waals surface area contributed by atoms with Gasteiger partial charge in [0.15, 0.2) is 0 Å². The number of amides is 3. The molecule has 3 fully saturated rings. The van der Waals surface area contributed by atoms with Crippen LogP contribution < -0.4 is 15.0 Å². The molecule has 2 saturated heterocycles. The SMILES string of the molecule is CC1(C)Cc2ccc(N3C(=O)N(Cc4ccnc(NC5[C@H]6COC[C@@H]56)c4)C(C)(C)C3=O)cc2O1. The molecule has 4 aliphatic rings. The Bertz CT molecular complexity index is 1180. The molecular weight excluding hydrogens is 432 g/mol. The highest BCUT2D eigenvalue weighted by molar-refractivity contribution is 6.23. The standard InChI is InChI=1S/C26H30N4O4/c1-25(2)11-16-5-6-17(10-20(16)34-25)30-23(31)26(3,4)29(24(30)32)12-15-7-8-27-21(9-15)28-22-18-13-33-14-19(18)22/h5-10,18-19,22H,11-14H2,1-4H3,(H,27,28)/t18-,19+,22?. The van der Waals surface area contributed by atoms with Gasteiger partial charge >= 0.3 is 6.03 Å². The van der Waals surface area contributed by atoms with E-state index < -0.39 is 5.54 Å². The molecule has 8 nitrogen and oxygen atoms in total. The van der Waals surface area contributed by atoms with Gasteiger partial charge in [-0.25, -0.2) is 14.7 Å². The minimum absolute atomic E-state index is 0.243. The van der Waals surface area contributed by atoms with E-state index in [1.54, 1.807) is 24.9 Å². The number of fused-ring (bicyclic) bond motifs is 2. The maximum atomic E-state index is 13.5. The predicted molar refractivity (Wildman–Crippen MR) is 127 cm³/mol. The van der Waals surface area contributed by atoms with Gasteiger partial charge in [-0.2, -0.15) is 0 Å². The number of rotatable bonds is 5. The molecule has 1 aliphatic carbocycles. The predicted octanol–water partition coefficient (Wildman–Crippen LogP) is 3.60. The van der Waals surface area contributed by atoms with E-state index in [0.29, 0.717) is 30.1 Å². The summed E-state index contributed by atoms with van der Waals surface area (Å²) in [6, 6.07) is 9.54. The molecule has 1 unspecified atom stereocenters. The minimum atomic E-state index is -0.974. The number of pyridine rings is 1. The lowest BCUT2D eigenvalue weighted by Crippen LogP contribution is -2.43. The summed E-state index contributed by atoms with van der Waals surface area (Å²) in [5.41, 5.74) is 1.30. The largest absolute Gasteiger partial charge is 0.487 e. The number of aromatic nitrogens is 1. The molecule has 0 bridgehead atoms. The Morgan fingerprint density at radius 2 is 1.85 bits per heavy atom. The van der Waals surface area contributed by atoms with Gasteiger partial charge in [0.25, 0.3) is 5.91 Å². The molecule has 8 heteroatoms. The van der Waals surface area contributed by atoms with Crippen molar-refractivity contribution in [2.45, 2.75) is 57.8 Å². The average Bonchev–Trinajstić information content (AvgIpc) is 3.06. The first kappa shape index (κ1) is 21.4. The van der Waals surface area contributed by atoms with Crippen LogP contribution in [0.15, 0.2) is 36.5 Å². The van der Waals surface area contributed by atoms with Crippen molar-refractivity contribution in [1.29, 1.82) is 0 Å². The summed E-state index contributed by atoms with van der Waals surface area (Å²) in [4.78, 5) is 34.3. The Morgan fingerprint density at radius 3 is 2.62 bits per heavy atom. The van der Waals surface area contributed by atoms with Crippen molar-refractivity contribution in [2.24, 2.45) is 11.8 Å². The van der Waals surface area contributed by atoms with E-state index in [0.717, 1.165) is 42.3 Å². The van der Waals surface area contributed by atoms with Crippen molar-refractivity contribution in [3.05, 3.63) is 47.7 Å². The van der Waals surface area contributed by atoms with Gasteiger partial charge in [-0.1, -0.05) is 6.07 Å². The fourth-order valence-electron chi connectivity index (χ4n) is 5.50. The van der Waals surface area contributed by atoms with E-state index >= 15 is 0 Å². The van der Waals surface area contributed by atoms with Crippen LogP contribution in [0.2, 0.25) is 0 Å². The summed E-state index contributed by atoms with van der Waals surface area (Å²) in [5.74, 6) is 2.42. The van der Waals surface area contributed by atoms with Crippen LogP contribution in [0.5, 0.6) is 5.75 Å². The van der Waals surface area contributed by atoms with Gasteiger partial charge in [0.2, 0.25) is 0 Å². The molecule has 3 aliphatic heterocycles. The van der Waals surface area contributed by atoms with Gasteiger partial charge < -0.3 is 19.7 Å². The van der Waals surface area contributed by atoms with Crippen LogP contribution >= 0.6 is 0 Å². The topological polar surface area (TPSA) is 84.0 Å². The number of ether oxygens (including phenoxy) is 2. The summed E-state index contributed by atoms with van der Waals surface area (Å²) in [6.07, 6.45) is 2.55. The number of anilines is 2. The lowest BCUT2D eigenvalue weighted by molar-refractivity contribution is -0.123. The number of carbonyl (C=O) groups excluding carboxylic acids is 2. The Kier molecular flexibility index (Phi) is 4.52. The molecule has 1 aromatic carbocycles. The molecule has 0 radical (unpaired) electrons. The zero-order chi connectivity index (χ0) is 23.8. The summed E-state index contributed by atoms with van der Waals surface area (Å²) < 4.78 is 11.5. The highest BCUT2D eigenvalue weighted by Crippen LogP contribution is 2.46. The van der Waals surface area contributed by atoms with Gasteiger partial charge in [-0.05, 0) is 57.0 Å². The van der Waals surface area contributed by atoms with Crippen LogP contribution in [-0.2, 0) is 22.5 Å². The van der Waals surface area contributed by atoms with E-state index in [4.69, 9.17) is 9.47 Å². The van der Waals surface area contributed by atoms with Crippen LogP contribution in [0.25, 0.3) is 0 Å². The number of hydrogen-bond donors (Lipinski definition) is 1. The van der Waals surface area contributed by atoms with Gasteiger partial charge in [0.1, 0.15) is 22.7 Å². The second-order valence-corrected chi connectivity index (χ2v) is 11.0. The average molecular weight is 463 g/mol. The highest BCUT2D eigenvalue weighted by Gasteiger charge is 2.54. The van der Waals surface area contributed by atoms with E-state index in [2.05, 4.69) is 10.3 Å². The van der Waals surface area contributed by atoms with Crippen molar-refractivity contribution in [3.8, 4) is 5.75 Å². The maximum Gasteiger partial charge on any atom is 0.332 e. The minimum Gasteiger partial charge on any atom is -0.487 e. The van der Waals surface area contributed by atoms with Crippen molar-refractivity contribution in [2.75, 3.05) is 23.4 Å². The molecule has 3 amide bonds. The summed E-state index contributed by atoms with van der Waals surface area (Å²) in [7, 11) is 0. The van der Waals surface area contributed by atoms with Crippen LogP contribution in [0.3, 0.4) is 0 Å². The molecule has 4 heterocycles.